The smallest absolute Gasteiger partial charge is 0.224 e. The van der Waals surface area contributed by atoms with Crippen LogP contribution in [0.25, 0.3) is 0 Å². The highest BCUT2D eigenvalue weighted by atomic mass is 16.5. The zero-order valence-electron chi connectivity index (χ0n) is 12.5. The summed E-state index contributed by atoms with van der Waals surface area (Å²) in [6.45, 7) is 6.35. The van der Waals surface area contributed by atoms with E-state index in [1.807, 2.05) is 0 Å². The second-order valence-electron chi connectivity index (χ2n) is 6.77. The molecule has 0 saturated heterocycles. The Bertz CT molecular complexity index is 476. The Balaban J connectivity index is 1.88. The van der Waals surface area contributed by atoms with Crippen molar-refractivity contribution in [3.05, 3.63) is 28.8 Å². The van der Waals surface area contributed by atoms with E-state index in [0.717, 1.165) is 29.5 Å². The molecule has 3 rings (SSSR count). The molecule has 1 heterocycles. The first-order valence-electron chi connectivity index (χ1n) is 7.66. The maximum atomic E-state index is 6.15. The third-order valence-corrected chi connectivity index (χ3v) is 4.99. The molecule has 2 nitrogen and oxygen atoms in total. The molecule has 1 saturated carbocycles. The maximum absolute atomic E-state index is 6.15. The Morgan fingerprint density at radius 2 is 1.84 bits per heavy atom. The zero-order chi connectivity index (χ0) is 13.5. The lowest BCUT2D eigenvalue weighted by Crippen LogP contribution is -2.56. The van der Waals surface area contributed by atoms with Gasteiger partial charge in [0.2, 0.25) is 6.73 Å². The molecule has 2 aliphatic rings. The summed E-state index contributed by atoms with van der Waals surface area (Å²) in [7, 11) is 2.39. The van der Waals surface area contributed by atoms with Crippen LogP contribution in [0.4, 0.5) is 0 Å². The summed E-state index contributed by atoms with van der Waals surface area (Å²) >= 11 is 0. The summed E-state index contributed by atoms with van der Waals surface area (Å²) in [6, 6.07) is 5.35. The van der Waals surface area contributed by atoms with Crippen LogP contribution in [-0.4, -0.2) is 24.3 Å². The van der Waals surface area contributed by atoms with Gasteiger partial charge in [-0.2, -0.15) is 0 Å². The predicted octanol–water partition coefficient (Wildman–Crippen LogP) is 3.93. The van der Waals surface area contributed by atoms with E-state index in [2.05, 4.69) is 33.0 Å². The van der Waals surface area contributed by atoms with Gasteiger partial charge in [0.25, 0.3) is 0 Å². The van der Waals surface area contributed by atoms with Crippen molar-refractivity contribution in [3.8, 4) is 5.75 Å². The van der Waals surface area contributed by atoms with Crippen LogP contribution in [0, 0.1) is 13.8 Å². The number of fused-ring (bicyclic) bond motifs is 1. The van der Waals surface area contributed by atoms with Crippen LogP contribution < -0.4 is 4.74 Å². The van der Waals surface area contributed by atoms with E-state index < -0.39 is 0 Å². The van der Waals surface area contributed by atoms with Crippen molar-refractivity contribution in [1.82, 2.24) is 0 Å². The van der Waals surface area contributed by atoms with Gasteiger partial charge >= 0.3 is 0 Å². The molecule has 0 aromatic heterocycles. The molecule has 1 aliphatic heterocycles. The average molecular weight is 260 g/mol. The highest BCUT2D eigenvalue weighted by molar-refractivity contribution is 5.44. The van der Waals surface area contributed by atoms with Crippen molar-refractivity contribution in [1.29, 1.82) is 0 Å². The van der Waals surface area contributed by atoms with Crippen molar-refractivity contribution in [2.45, 2.75) is 58.5 Å². The van der Waals surface area contributed by atoms with Crippen LogP contribution in [-0.2, 0) is 6.54 Å². The van der Waals surface area contributed by atoms with Gasteiger partial charge in [-0.25, -0.2) is 0 Å². The fourth-order valence-electron chi connectivity index (χ4n) is 3.95. The molecule has 2 heteroatoms. The third kappa shape index (κ3) is 2.38. The molecule has 1 fully saturated rings. The molecule has 0 spiro atoms. The molecule has 0 amide bonds. The van der Waals surface area contributed by atoms with Crippen LogP contribution in [0.5, 0.6) is 5.75 Å². The number of nitrogens with zero attached hydrogens (tertiary/aromatic N) is 1. The van der Waals surface area contributed by atoms with Crippen LogP contribution in [0.15, 0.2) is 12.1 Å². The molecule has 1 unspecified atom stereocenters. The van der Waals surface area contributed by atoms with Gasteiger partial charge in [0.1, 0.15) is 12.3 Å². The molecule has 1 atom stereocenters. The summed E-state index contributed by atoms with van der Waals surface area (Å²) in [5.74, 6) is 1.15. The summed E-state index contributed by atoms with van der Waals surface area (Å²) in [4.78, 5) is 0. The fraction of sp³-hybridized carbons (Fsp3) is 0.647. The minimum atomic E-state index is 0.794. The van der Waals surface area contributed by atoms with Crippen molar-refractivity contribution >= 4 is 0 Å². The number of ether oxygens (including phenoxy) is 1. The fourth-order valence-corrected chi connectivity index (χ4v) is 3.95. The van der Waals surface area contributed by atoms with Gasteiger partial charge in [0, 0.05) is 5.56 Å². The van der Waals surface area contributed by atoms with Crippen LogP contribution in [0.2, 0.25) is 0 Å². The third-order valence-electron chi connectivity index (χ3n) is 4.99. The molecule has 1 aromatic rings. The van der Waals surface area contributed by atoms with Gasteiger partial charge in [0.05, 0.1) is 13.1 Å². The van der Waals surface area contributed by atoms with Gasteiger partial charge in [-0.1, -0.05) is 18.1 Å². The molecule has 1 aliphatic carbocycles. The van der Waals surface area contributed by atoms with E-state index in [9.17, 15) is 0 Å². The highest BCUT2D eigenvalue weighted by Gasteiger charge is 2.38. The normalized spacial score (nSPS) is 27.7. The molecule has 0 N–H and O–H groups in total. The lowest BCUT2D eigenvalue weighted by Gasteiger charge is -2.45. The van der Waals surface area contributed by atoms with E-state index in [0.29, 0.717) is 0 Å². The van der Waals surface area contributed by atoms with Crippen molar-refractivity contribution in [2.75, 3.05) is 13.8 Å². The van der Waals surface area contributed by atoms with Crippen molar-refractivity contribution in [3.63, 3.8) is 0 Å². The lowest BCUT2D eigenvalue weighted by atomic mass is 9.91. The number of hydrogen-bond donors (Lipinski definition) is 0. The van der Waals surface area contributed by atoms with E-state index >= 15 is 0 Å². The first-order valence-corrected chi connectivity index (χ1v) is 7.66. The molecule has 0 radical (unpaired) electrons. The number of rotatable bonds is 1. The summed E-state index contributed by atoms with van der Waals surface area (Å²) in [5.41, 5.74) is 4.07. The second-order valence-corrected chi connectivity index (χ2v) is 6.77. The SMILES string of the molecule is Cc1cc(C)c2c(c1)C[N+](C)(C1CCCCC1)CO2. The van der Waals surface area contributed by atoms with Crippen LogP contribution >= 0.6 is 0 Å². The van der Waals surface area contributed by atoms with Crippen LogP contribution in [0.1, 0.15) is 48.8 Å². The van der Waals surface area contributed by atoms with E-state index in [1.165, 1.54) is 48.8 Å². The first kappa shape index (κ1) is 13.0. The Morgan fingerprint density at radius 3 is 2.58 bits per heavy atom. The van der Waals surface area contributed by atoms with E-state index in [4.69, 9.17) is 4.74 Å². The Kier molecular flexibility index (Phi) is 3.30. The van der Waals surface area contributed by atoms with E-state index in [-0.39, 0.29) is 0 Å². The molecular weight excluding hydrogens is 234 g/mol. The Morgan fingerprint density at radius 1 is 1.11 bits per heavy atom. The summed E-state index contributed by atoms with van der Waals surface area (Å²) in [6.07, 6.45) is 6.97. The zero-order valence-corrected chi connectivity index (χ0v) is 12.5. The minimum Gasteiger partial charge on any atom is -0.444 e. The molecule has 1 aromatic carbocycles. The largest absolute Gasteiger partial charge is 0.444 e. The standard InChI is InChI=1S/C17H26NO/c1-13-9-14(2)17-15(10-13)11-18(3,12-19-17)16-7-5-4-6-8-16/h9-10,16H,4-8,11-12H2,1-3H3/q+1. The van der Waals surface area contributed by atoms with Gasteiger partial charge in [-0.3, -0.25) is 4.48 Å². The number of benzene rings is 1. The summed E-state index contributed by atoms with van der Waals surface area (Å²) < 4.78 is 7.23. The van der Waals surface area contributed by atoms with Gasteiger partial charge in [-0.15, -0.1) is 0 Å². The molecule has 19 heavy (non-hydrogen) atoms. The predicted molar refractivity (Wildman–Crippen MR) is 78.2 cm³/mol. The molecule has 0 bridgehead atoms. The van der Waals surface area contributed by atoms with Gasteiger partial charge in [0.15, 0.2) is 0 Å². The average Bonchev–Trinajstić information content (AvgIpc) is 2.39. The minimum absolute atomic E-state index is 0.794. The monoisotopic (exact) mass is 260 g/mol. The number of aryl methyl sites for hydroxylation is 2. The quantitative estimate of drug-likeness (QED) is 0.695. The first-order chi connectivity index (χ1) is 9.08. The number of hydrogen-bond acceptors (Lipinski definition) is 1. The lowest BCUT2D eigenvalue weighted by molar-refractivity contribution is -0.963. The second kappa shape index (κ2) is 4.82. The van der Waals surface area contributed by atoms with Gasteiger partial charge < -0.3 is 4.74 Å². The molecule has 104 valence electrons. The van der Waals surface area contributed by atoms with E-state index in [1.54, 1.807) is 0 Å². The number of quaternary nitrogens is 1. The van der Waals surface area contributed by atoms with Crippen LogP contribution in [0.3, 0.4) is 0 Å². The maximum Gasteiger partial charge on any atom is 0.224 e. The topological polar surface area (TPSA) is 9.23 Å². The Labute approximate surface area is 117 Å². The molecular formula is C17H26NO+. The van der Waals surface area contributed by atoms with Crippen molar-refractivity contribution in [2.24, 2.45) is 0 Å². The van der Waals surface area contributed by atoms with Gasteiger partial charge in [-0.05, 0) is 51.2 Å². The highest BCUT2D eigenvalue weighted by Crippen LogP contribution is 2.37. The Hall–Kier alpha value is -1.02. The van der Waals surface area contributed by atoms with Crippen molar-refractivity contribution < 1.29 is 9.22 Å². The summed E-state index contributed by atoms with van der Waals surface area (Å²) in [5, 5.41) is 0.